The van der Waals surface area contributed by atoms with Gasteiger partial charge >= 0.3 is 0 Å². The predicted octanol–water partition coefficient (Wildman–Crippen LogP) is 1.90. The summed E-state index contributed by atoms with van der Waals surface area (Å²) in [7, 11) is 3.12. The Hall–Kier alpha value is -0.930. The molecule has 0 fully saturated rings. The standard InChI is InChI=1S/C9H12FNO/c1-11(2,12)7-8-3-5-9(10)6-4-8/h3-6H,7H2,1-2H3. The smallest absolute Gasteiger partial charge is 0.123 e. The zero-order chi connectivity index (χ0) is 9.19. The monoisotopic (exact) mass is 169 g/mol. The second kappa shape index (κ2) is 3.21. The first-order valence-electron chi connectivity index (χ1n) is 3.76. The largest absolute Gasteiger partial charge is 0.633 e. The van der Waals surface area contributed by atoms with E-state index in [0.29, 0.717) is 6.54 Å². The highest BCUT2D eigenvalue weighted by Crippen LogP contribution is 2.08. The maximum atomic E-state index is 12.4. The van der Waals surface area contributed by atoms with Crippen molar-refractivity contribution in [2.75, 3.05) is 14.1 Å². The van der Waals surface area contributed by atoms with Crippen molar-refractivity contribution >= 4 is 0 Å². The number of nitrogens with zero attached hydrogens (tertiary/aromatic N) is 1. The Morgan fingerprint density at radius 1 is 1.25 bits per heavy atom. The molecule has 1 rings (SSSR count). The highest BCUT2D eigenvalue weighted by Gasteiger charge is 2.03. The van der Waals surface area contributed by atoms with Gasteiger partial charge in [-0.15, -0.1) is 0 Å². The minimum Gasteiger partial charge on any atom is -0.633 e. The molecule has 3 heteroatoms. The molecule has 0 radical (unpaired) electrons. The first kappa shape index (κ1) is 9.16. The fourth-order valence-electron chi connectivity index (χ4n) is 1.03. The molecule has 66 valence electrons. The highest BCUT2D eigenvalue weighted by atomic mass is 19.1. The van der Waals surface area contributed by atoms with Crippen molar-refractivity contribution in [3.05, 3.63) is 40.9 Å². The molecule has 0 N–H and O–H groups in total. The lowest BCUT2D eigenvalue weighted by molar-refractivity contribution is -0.853. The van der Waals surface area contributed by atoms with E-state index >= 15 is 0 Å². The summed E-state index contributed by atoms with van der Waals surface area (Å²) in [5.41, 5.74) is 0.858. The third kappa shape index (κ3) is 2.98. The van der Waals surface area contributed by atoms with E-state index in [0.717, 1.165) is 5.56 Å². The highest BCUT2D eigenvalue weighted by molar-refractivity contribution is 5.14. The van der Waals surface area contributed by atoms with Crippen LogP contribution in [0.1, 0.15) is 5.56 Å². The maximum absolute atomic E-state index is 12.4. The molecule has 0 heterocycles. The lowest BCUT2D eigenvalue weighted by Gasteiger charge is -2.33. The molecular weight excluding hydrogens is 157 g/mol. The summed E-state index contributed by atoms with van der Waals surface area (Å²) < 4.78 is 12.1. The normalized spacial score (nSPS) is 11.7. The Labute approximate surface area is 71.4 Å². The van der Waals surface area contributed by atoms with Gasteiger partial charge in [0.25, 0.3) is 0 Å². The van der Waals surface area contributed by atoms with Crippen LogP contribution in [0.3, 0.4) is 0 Å². The molecule has 0 bridgehead atoms. The number of rotatable bonds is 2. The summed E-state index contributed by atoms with van der Waals surface area (Å²) in [5.74, 6) is -0.269. The van der Waals surface area contributed by atoms with Gasteiger partial charge in [-0.05, 0) is 12.1 Å². The molecule has 0 saturated carbocycles. The van der Waals surface area contributed by atoms with E-state index in [2.05, 4.69) is 0 Å². The van der Waals surface area contributed by atoms with Crippen molar-refractivity contribution in [2.45, 2.75) is 6.54 Å². The molecule has 0 saturated heterocycles. The third-order valence-corrected chi connectivity index (χ3v) is 1.48. The SMILES string of the molecule is C[N+](C)([O-])Cc1ccc(F)cc1. The van der Waals surface area contributed by atoms with Crippen molar-refractivity contribution in [3.8, 4) is 0 Å². The van der Waals surface area contributed by atoms with Crippen molar-refractivity contribution in [3.63, 3.8) is 0 Å². The Balaban J connectivity index is 2.71. The Morgan fingerprint density at radius 3 is 2.17 bits per heavy atom. The second-order valence-electron chi connectivity index (χ2n) is 3.36. The number of hydrogen-bond acceptors (Lipinski definition) is 1. The van der Waals surface area contributed by atoms with Gasteiger partial charge in [-0.1, -0.05) is 12.1 Å². The number of hydrogen-bond donors (Lipinski definition) is 0. The van der Waals surface area contributed by atoms with E-state index in [1.165, 1.54) is 12.1 Å². The Morgan fingerprint density at radius 2 is 1.75 bits per heavy atom. The summed E-state index contributed by atoms with van der Waals surface area (Å²) in [6.45, 7) is 0.375. The lowest BCUT2D eigenvalue weighted by Crippen LogP contribution is -2.30. The van der Waals surface area contributed by atoms with Gasteiger partial charge in [0.2, 0.25) is 0 Å². The number of halogens is 1. The van der Waals surface area contributed by atoms with Gasteiger partial charge in [-0.25, -0.2) is 4.39 Å². The molecule has 2 nitrogen and oxygen atoms in total. The summed E-state index contributed by atoms with van der Waals surface area (Å²) in [6, 6.07) is 6.00. The Kier molecular flexibility index (Phi) is 2.45. The minimum atomic E-state index is -0.383. The van der Waals surface area contributed by atoms with Gasteiger partial charge in [-0.2, -0.15) is 0 Å². The van der Waals surface area contributed by atoms with Gasteiger partial charge < -0.3 is 9.85 Å². The van der Waals surface area contributed by atoms with Gasteiger partial charge in [0.15, 0.2) is 0 Å². The second-order valence-corrected chi connectivity index (χ2v) is 3.36. The fourth-order valence-corrected chi connectivity index (χ4v) is 1.03. The van der Waals surface area contributed by atoms with Crippen LogP contribution in [0.15, 0.2) is 24.3 Å². The van der Waals surface area contributed by atoms with E-state index in [9.17, 15) is 9.60 Å². The summed E-state index contributed by atoms with van der Waals surface area (Å²) in [4.78, 5) is 0. The van der Waals surface area contributed by atoms with Crippen molar-refractivity contribution in [2.24, 2.45) is 0 Å². The van der Waals surface area contributed by atoms with Crippen LogP contribution >= 0.6 is 0 Å². The average Bonchev–Trinajstić information content (AvgIpc) is 1.91. The predicted molar refractivity (Wildman–Crippen MR) is 45.6 cm³/mol. The van der Waals surface area contributed by atoms with E-state index in [4.69, 9.17) is 0 Å². The van der Waals surface area contributed by atoms with Crippen LogP contribution in [0.2, 0.25) is 0 Å². The van der Waals surface area contributed by atoms with Crippen molar-refractivity contribution in [1.82, 2.24) is 0 Å². The number of benzene rings is 1. The lowest BCUT2D eigenvalue weighted by atomic mass is 10.2. The molecule has 0 aromatic heterocycles. The van der Waals surface area contributed by atoms with E-state index in [1.54, 1.807) is 26.2 Å². The van der Waals surface area contributed by atoms with Gasteiger partial charge in [0.05, 0.1) is 14.1 Å². The zero-order valence-corrected chi connectivity index (χ0v) is 7.25. The molecular formula is C9H12FNO. The van der Waals surface area contributed by atoms with Crippen LogP contribution in [-0.2, 0) is 6.54 Å². The molecule has 0 aliphatic heterocycles. The van der Waals surface area contributed by atoms with Crippen molar-refractivity contribution in [1.29, 1.82) is 0 Å². The van der Waals surface area contributed by atoms with Crippen LogP contribution in [0.4, 0.5) is 4.39 Å². The molecule has 0 aliphatic carbocycles. The summed E-state index contributed by atoms with van der Waals surface area (Å²) in [5, 5.41) is 11.2. The van der Waals surface area contributed by atoms with E-state index in [1.807, 2.05) is 0 Å². The molecule has 1 aromatic carbocycles. The Bertz CT molecular complexity index is 250. The van der Waals surface area contributed by atoms with Crippen LogP contribution in [0, 0.1) is 11.0 Å². The molecule has 0 unspecified atom stereocenters. The summed E-state index contributed by atoms with van der Waals surface area (Å²) >= 11 is 0. The first-order chi connectivity index (χ1) is 5.47. The quantitative estimate of drug-likeness (QED) is 0.490. The number of quaternary nitrogens is 1. The average molecular weight is 169 g/mol. The van der Waals surface area contributed by atoms with E-state index in [-0.39, 0.29) is 10.5 Å². The minimum absolute atomic E-state index is 0.269. The van der Waals surface area contributed by atoms with Crippen molar-refractivity contribution < 1.29 is 9.04 Å². The van der Waals surface area contributed by atoms with Crippen LogP contribution in [0.25, 0.3) is 0 Å². The zero-order valence-electron chi connectivity index (χ0n) is 7.25. The number of hydroxylamine groups is 3. The molecule has 1 aromatic rings. The molecule has 0 atom stereocenters. The maximum Gasteiger partial charge on any atom is 0.123 e. The van der Waals surface area contributed by atoms with Gasteiger partial charge in [-0.3, -0.25) is 0 Å². The van der Waals surface area contributed by atoms with Crippen LogP contribution in [-0.4, -0.2) is 18.7 Å². The fraction of sp³-hybridized carbons (Fsp3) is 0.333. The molecule has 0 aliphatic rings. The van der Waals surface area contributed by atoms with E-state index < -0.39 is 0 Å². The topological polar surface area (TPSA) is 23.1 Å². The molecule has 0 spiro atoms. The van der Waals surface area contributed by atoms with Gasteiger partial charge in [0, 0.05) is 5.56 Å². The summed E-state index contributed by atoms with van der Waals surface area (Å²) in [6.07, 6.45) is 0. The molecule has 12 heavy (non-hydrogen) atoms. The van der Waals surface area contributed by atoms with Crippen LogP contribution in [0.5, 0.6) is 0 Å². The van der Waals surface area contributed by atoms with Gasteiger partial charge in [0.1, 0.15) is 12.4 Å². The molecule has 0 amide bonds. The first-order valence-corrected chi connectivity index (χ1v) is 3.76. The van der Waals surface area contributed by atoms with Crippen LogP contribution < -0.4 is 0 Å². The third-order valence-electron chi connectivity index (χ3n) is 1.48.